The van der Waals surface area contributed by atoms with Gasteiger partial charge >= 0.3 is 5.97 Å². The number of ether oxygens (including phenoxy) is 1. The maximum Gasteiger partial charge on any atom is 0.337 e. The van der Waals surface area contributed by atoms with Crippen molar-refractivity contribution in [2.75, 3.05) is 7.11 Å². The van der Waals surface area contributed by atoms with Gasteiger partial charge in [-0.05, 0) is 17.2 Å². The first-order valence-corrected chi connectivity index (χ1v) is 4.76. The molecular weight excluding hydrogens is 208 g/mol. The third-order valence-corrected chi connectivity index (χ3v) is 2.23. The van der Waals surface area contributed by atoms with Crippen LogP contribution in [-0.4, -0.2) is 29.4 Å². The van der Waals surface area contributed by atoms with Crippen LogP contribution in [0.25, 0.3) is 6.08 Å². The van der Waals surface area contributed by atoms with Crippen LogP contribution in [0.2, 0.25) is 0 Å². The Morgan fingerprint density at radius 1 is 1.50 bits per heavy atom. The lowest BCUT2D eigenvalue weighted by Crippen LogP contribution is -2.29. The van der Waals surface area contributed by atoms with Crippen molar-refractivity contribution < 1.29 is 19.7 Å². The number of benzene rings is 1. The van der Waals surface area contributed by atoms with Gasteiger partial charge < -0.3 is 14.9 Å². The van der Waals surface area contributed by atoms with E-state index in [2.05, 4.69) is 11.3 Å². The topological polar surface area (TPSA) is 66.8 Å². The van der Waals surface area contributed by atoms with Crippen molar-refractivity contribution in [3.8, 4) is 0 Å². The molecule has 0 bridgehead atoms. The van der Waals surface area contributed by atoms with Crippen molar-refractivity contribution in [2.45, 2.75) is 12.2 Å². The number of aliphatic hydroxyl groups excluding tert-OH is 2. The Kier molecular flexibility index (Phi) is 4.22. The number of hydrogen-bond acceptors (Lipinski definition) is 4. The molecule has 1 rings (SSSR count). The fraction of sp³-hybridized carbons (Fsp3) is 0.250. The van der Waals surface area contributed by atoms with Crippen molar-refractivity contribution in [1.82, 2.24) is 0 Å². The van der Waals surface area contributed by atoms with Gasteiger partial charge in [0, 0.05) is 0 Å². The summed E-state index contributed by atoms with van der Waals surface area (Å²) in [5, 5.41) is 19.2. The van der Waals surface area contributed by atoms with Crippen LogP contribution in [0.4, 0.5) is 0 Å². The van der Waals surface area contributed by atoms with Crippen molar-refractivity contribution in [3.05, 3.63) is 42.0 Å². The first kappa shape index (κ1) is 12.4. The minimum absolute atomic E-state index is 0.440. The molecule has 4 nitrogen and oxygen atoms in total. The molecule has 0 radical (unpaired) electrons. The highest BCUT2D eigenvalue weighted by Crippen LogP contribution is 2.19. The molecule has 2 N–H and O–H groups in total. The van der Waals surface area contributed by atoms with Gasteiger partial charge in [-0.3, -0.25) is 0 Å². The quantitative estimate of drug-likeness (QED) is 0.743. The van der Waals surface area contributed by atoms with Crippen LogP contribution in [0, 0.1) is 0 Å². The molecule has 16 heavy (non-hydrogen) atoms. The number of methoxy groups -OCH3 is 1. The minimum atomic E-state index is -1.58. The monoisotopic (exact) mass is 222 g/mol. The molecule has 86 valence electrons. The normalized spacial score (nSPS) is 13.9. The Bertz CT molecular complexity index is 386. The van der Waals surface area contributed by atoms with Gasteiger partial charge in [-0.15, -0.1) is 0 Å². The third-order valence-electron chi connectivity index (χ3n) is 2.23. The number of hydrogen-bond donors (Lipinski definition) is 2. The van der Waals surface area contributed by atoms with Crippen LogP contribution < -0.4 is 0 Å². The molecule has 4 heteroatoms. The number of carbonyl (C=O) groups is 1. The lowest BCUT2D eigenvalue weighted by atomic mass is 10.0. The van der Waals surface area contributed by atoms with E-state index >= 15 is 0 Å². The second-order valence-electron chi connectivity index (χ2n) is 3.29. The van der Waals surface area contributed by atoms with Crippen LogP contribution in [0.3, 0.4) is 0 Å². The van der Waals surface area contributed by atoms with E-state index in [1.165, 1.54) is 0 Å². The summed E-state index contributed by atoms with van der Waals surface area (Å²) in [6.45, 7) is 3.59. The average Bonchev–Trinajstić information content (AvgIpc) is 2.36. The summed E-state index contributed by atoms with van der Waals surface area (Å²) in [6.07, 6.45) is -1.27. The molecule has 2 atom stereocenters. The number of aliphatic hydroxyl groups is 2. The standard InChI is InChI=1S/C12H14O4/c1-3-8-5-4-6-9(7-8)10(13)11(14)12(15)16-2/h3-7,10-11,13-14H,1H2,2H3. The molecule has 1 aromatic rings. The fourth-order valence-electron chi connectivity index (χ4n) is 1.30. The fourth-order valence-corrected chi connectivity index (χ4v) is 1.30. The molecular formula is C12H14O4. The first-order valence-electron chi connectivity index (χ1n) is 4.76. The van der Waals surface area contributed by atoms with Gasteiger partial charge in [0.25, 0.3) is 0 Å². The van der Waals surface area contributed by atoms with E-state index in [9.17, 15) is 15.0 Å². The highest BCUT2D eigenvalue weighted by Gasteiger charge is 2.26. The first-order chi connectivity index (χ1) is 7.60. The van der Waals surface area contributed by atoms with Gasteiger partial charge in [-0.1, -0.05) is 30.9 Å². The summed E-state index contributed by atoms with van der Waals surface area (Å²) in [5.41, 5.74) is 1.24. The van der Waals surface area contributed by atoms with E-state index in [1.54, 1.807) is 30.3 Å². The highest BCUT2D eigenvalue weighted by molar-refractivity contribution is 5.75. The minimum Gasteiger partial charge on any atom is -0.467 e. The molecule has 0 heterocycles. The lowest BCUT2D eigenvalue weighted by Gasteiger charge is -2.16. The van der Waals surface area contributed by atoms with Crippen LogP contribution >= 0.6 is 0 Å². The molecule has 0 fully saturated rings. The molecule has 2 unspecified atom stereocenters. The van der Waals surface area contributed by atoms with Gasteiger partial charge in [0.15, 0.2) is 6.10 Å². The van der Waals surface area contributed by atoms with Crippen molar-refractivity contribution >= 4 is 12.0 Å². The van der Waals surface area contributed by atoms with E-state index in [4.69, 9.17) is 0 Å². The van der Waals surface area contributed by atoms with Crippen molar-refractivity contribution in [2.24, 2.45) is 0 Å². The van der Waals surface area contributed by atoms with Crippen molar-refractivity contribution in [3.63, 3.8) is 0 Å². The van der Waals surface area contributed by atoms with E-state index in [-0.39, 0.29) is 0 Å². The molecule has 0 saturated carbocycles. The zero-order chi connectivity index (χ0) is 12.1. The predicted octanol–water partition coefficient (Wildman–Crippen LogP) is 0.897. The summed E-state index contributed by atoms with van der Waals surface area (Å²) >= 11 is 0. The molecule has 0 aliphatic carbocycles. The summed E-state index contributed by atoms with van der Waals surface area (Å²) < 4.78 is 4.34. The Labute approximate surface area is 93.8 Å². The molecule has 0 aromatic heterocycles. The zero-order valence-electron chi connectivity index (χ0n) is 8.96. The molecule has 1 aromatic carbocycles. The van der Waals surface area contributed by atoms with Crippen LogP contribution in [0.1, 0.15) is 17.2 Å². The maximum absolute atomic E-state index is 11.0. The van der Waals surface area contributed by atoms with Crippen LogP contribution in [0.5, 0.6) is 0 Å². The second kappa shape index (κ2) is 5.44. The average molecular weight is 222 g/mol. The lowest BCUT2D eigenvalue weighted by molar-refractivity contribution is -0.156. The van der Waals surface area contributed by atoms with Crippen molar-refractivity contribution in [1.29, 1.82) is 0 Å². The largest absolute Gasteiger partial charge is 0.467 e. The Balaban J connectivity index is 2.90. The smallest absolute Gasteiger partial charge is 0.337 e. The Morgan fingerprint density at radius 2 is 2.19 bits per heavy atom. The SMILES string of the molecule is C=Cc1cccc(C(O)C(O)C(=O)OC)c1. The highest BCUT2D eigenvalue weighted by atomic mass is 16.5. The number of carbonyl (C=O) groups excluding carboxylic acids is 1. The van der Waals surface area contributed by atoms with E-state index < -0.39 is 18.2 Å². The van der Waals surface area contributed by atoms with E-state index in [0.717, 1.165) is 12.7 Å². The van der Waals surface area contributed by atoms with Gasteiger partial charge in [0.2, 0.25) is 0 Å². The summed E-state index contributed by atoms with van der Waals surface area (Å²) in [5.74, 6) is -0.864. The van der Waals surface area contributed by atoms with Gasteiger partial charge in [-0.2, -0.15) is 0 Å². The molecule has 0 amide bonds. The second-order valence-corrected chi connectivity index (χ2v) is 3.29. The van der Waals surface area contributed by atoms with E-state index in [1.807, 2.05) is 0 Å². The maximum atomic E-state index is 11.0. The zero-order valence-corrected chi connectivity index (χ0v) is 8.96. The molecule has 0 aliphatic heterocycles. The molecule has 0 spiro atoms. The van der Waals surface area contributed by atoms with E-state index in [0.29, 0.717) is 5.56 Å². The van der Waals surface area contributed by atoms with Gasteiger partial charge in [0.05, 0.1) is 7.11 Å². The van der Waals surface area contributed by atoms with Gasteiger partial charge in [0.1, 0.15) is 6.10 Å². The number of esters is 1. The molecule has 0 aliphatic rings. The van der Waals surface area contributed by atoms with Gasteiger partial charge in [-0.25, -0.2) is 4.79 Å². The van der Waals surface area contributed by atoms with Crippen LogP contribution in [0.15, 0.2) is 30.8 Å². The predicted molar refractivity (Wildman–Crippen MR) is 59.5 cm³/mol. The summed E-state index contributed by atoms with van der Waals surface area (Å²) in [4.78, 5) is 11.0. The Hall–Kier alpha value is -1.65. The third kappa shape index (κ3) is 2.68. The Morgan fingerprint density at radius 3 is 2.75 bits per heavy atom. The van der Waals surface area contributed by atoms with Crippen LogP contribution in [-0.2, 0) is 9.53 Å². The summed E-state index contributed by atoms with van der Waals surface area (Å²) in [6, 6.07) is 6.76. The summed E-state index contributed by atoms with van der Waals surface area (Å²) in [7, 11) is 1.15. The molecule has 0 saturated heterocycles. The number of rotatable bonds is 4.